The minimum absolute atomic E-state index is 0.0698. The van der Waals surface area contributed by atoms with Gasteiger partial charge in [-0.25, -0.2) is 0 Å². The van der Waals surface area contributed by atoms with Crippen LogP contribution >= 0.6 is 0 Å². The molecular formula is C19H24N2O3. The highest BCUT2D eigenvalue weighted by Gasteiger charge is 2.09. The predicted octanol–water partition coefficient (Wildman–Crippen LogP) is 3.21. The summed E-state index contributed by atoms with van der Waals surface area (Å²) in [6.07, 6.45) is 0. The fraction of sp³-hybridized carbons (Fsp3) is 0.316. The van der Waals surface area contributed by atoms with Crippen LogP contribution in [0.5, 0.6) is 11.5 Å². The van der Waals surface area contributed by atoms with E-state index >= 15 is 0 Å². The molecule has 0 aliphatic carbocycles. The second-order valence-electron chi connectivity index (χ2n) is 5.15. The van der Waals surface area contributed by atoms with E-state index < -0.39 is 0 Å². The van der Waals surface area contributed by atoms with Crippen LogP contribution in [0.2, 0.25) is 0 Å². The van der Waals surface area contributed by atoms with E-state index in [0.29, 0.717) is 24.7 Å². The number of rotatable bonds is 9. The molecule has 1 amide bonds. The number of para-hydroxylation sites is 3. The van der Waals surface area contributed by atoms with Gasteiger partial charge < -0.3 is 20.1 Å². The van der Waals surface area contributed by atoms with Crippen molar-refractivity contribution in [2.75, 3.05) is 25.1 Å². The first kappa shape index (κ1) is 17.8. The Balaban J connectivity index is 1.95. The van der Waals surface area contributed by atoms with Crippen LogP contribution in [0.15, 0.2) is 48.5 Å². The summed E-state index contributed by atoms with van der Waals surface area (Å²) in [5, 5.41) is 6.15. The number of hydrogen-bond donors (Lipinski definition) is 2. The molecule has 128 valence electrons. The molecule has 0 saturated heterocycles. The molecule has 2 rings (SSSR count). The fourth-order valence-electron chi connectivity index (χ4n) is 2.23. The Kier molecular flexibility index (Phi) is 7.11. The lowest BCUT2D eigenvalue weighted by Gasteiger charge is -2.13. The van der Waals surface area contributed by atoms with Crippen LogP contribution in [-0.4, -0.2) is 25.7 Å². The van der Waals surface area contributed by atoms with Crippen molar-refractivity contribution < 1.29 is 14.3 Å². The summed E-state index contributed by atoms with van der Waals surface area (Å²) in [6, 6.07) is 15.1. The van der Waals surface area contributed by atoms with Gasteiger partial charge in [-0.15, -0.1) is 0 Å². The minimum atomic E-state index is -0.203. The zero-order chi connectivity index (χ0) is 17.2. The molecule has 0 unspecified atom stereocenters. The van der Waals surface area contributed by atoms with Crippen molar-refractivity contribution in [3.05, 3.63) is 54.1 Å². The maximum absolute atomic E-state index is 12.2. The van der Waals surface area contributed by atoms with Gasteiger partial charge in [0.1, 0.15) is 0 Å². The lowest BCUT2D eigenvalue weighted by Crippen LogP contribution is -2.22. The van der Waals surface area contributed by atoms with E-state index in [2.05, 4.69) is 10.6 Å². The molecule has 2 N–H and O–H groups in total. The third-order valence-corrected chi connectivity index (χ3v) is 3.36. The summed E-state index contributed by atoms with van der Waals surface area (Å²) < 4.78 is 11.1. The Morgan fingerprint density at radius 2 is 1.62 bits per heavy atom. The zero-order valence-corrected chi connectivity index (χ0v) is 14.2. The van der Waals surface area contributed by atoms with E-state index in [1.54, 1.807) is 6.07 Å². The Labute approximate surface area is 143 Å². The van der Waals surface area contributed by atoms with Gasteiger partial charge in [0.05, 0.1) is 6.61 Å². The molecule has 5 heteroatoms. The quantitative estimate of drug-likeness (QED) is 0.742. The molecule has 0 aliphatic rings. The van der Waals surface area contributed by atoms with Gasteiger partial charge in [0, 0.05) is 12.2 Å². The number of nitrogens with one attached hydrogen (secondary N) is 2. The van der Waals surface area contributed by atoms with Gasteiger partial charge in [-0.2, -0.15) is 0 Å². The van der Waals surface area contributed by atoms with Crippen molar-refractivity contribution in [1.82, 2.24) is 5.32 Å². The molecular weight excluding hydrogens is 304 g/mol. The normalized spacial score (nSPS) is 10.2. The van der Waals surface area contributed by atoms with Crippen molar-refractivity contribution in [1.29, 1.82) is 0 Å². The number of carbonyl (C=O) groups excluding carboxylic acids is 1. The molecule has 0 aliphatic heterocycles. The van der Waals surface area contributed by atoms with E-state index in [4.69, 9.17) is 9.47 Å². The predicted molar refractivity (Wildman–Crippen MR) is 95.6 cm³/mol. The second-order valence-corrected chi connectivity index (χ2v) is 5.15. The van der Waals surface area contributed by atoms with Crippen LogP contribution < -0.4 is 20.1 Å². The van der Waals surface area contributed by atoms with Crippen LogP contribution in [0, 0.1) is 0 Å². The molecule has 0 fully saturated rings. The highest BCUT2D eigenvalue weighted by molar-refractivity contribution is 5.92. The smallest absolute Gasteiger partial charge is 0.262 e. The van der Waals surface area contributed by atoms with E-state index in [1.807, 2.05) is 56.3 Å². The molecule has 0 saturated carbocycles. The Bertz CT molecular complexity index is 659. The molecule has 2 aromatic carbocycles. The van der Waals surface area contributed by atoms with Gasteiger partial charge in [0.15, 0.2) is 18.1 Å². The maximum atomic E-state index is 12.2. The highest BCUT2D eigenvalue weighted by atomic mass is 16.5. The minimum Gasteiger partial charge on any atom is -0.490 e. The largest absolute Gasteiger partial charge is 0.490 e. The second kappa shape index (κ2) is 9.57. The van der Waals surface area contributed by atoms with Crippen LogP contribution in [0.4, 0.5) is 5.69 Å². The van der Waals surface area contributed by atoms with Gasteiger partial charge in [0.2, 0.25) is 0 Å². The molecule has 0 aromatic heterocycles. The monoisotopic (exact) mass is 328 g/mol. The first-order chi connectivity index (χ1) is 11.7. The van der Waals surface area contributed by atoms with Gasteiger partial charge >= 0.3 is 0 Å². The summed E-state index contributed by atoms with van der Waals surface area (Å²) in [5.41, 5.74) is 1.84. The molecule has 0 spiro atoms. The van der Waals surface area contributed by atoms with E-state index in [0.717, 1.165) is 17.8 Å². The number of ether oxygens (including phenoxy) is 2. The van der Waals surface area contributed by atoms with E-state index in [1.165, 1.54) is 0 Å². The van der Waals surface area contributed by atoms with Crippen molar-refractivity contribution in [3.8, 4) is 11.5 Å². The Morgan fingerprint density at radius 3 is 2.33 bits per heavy atom. The number of amides is 1. The molecule has 5 nitrogen and oxygen atoms in total. The molecule has 0 radical (unpaired) electrons. The topological polar surface area (TPSA) is 59.6 Å². The summed E-state index contributed by atoms with van der Waals surface area (Å²) in [4.78, 5) is 12.2. The number of hydrogen-bond acceptors (Lipinski definition) is 4. The molecule has 2 aromatic rings. The third-order valence-electron chi connectivity index (χ3n) is 3.36. The van der Waals surface area contributed by atoms with Gasteiger partial charge in [-0.3, -0.25) is 4.79 Å². The van der Waals surface area contributed by atoms with Crippen LogP contribution in [0.3, 0.4) is 0 Å². The standard InChI is InChI=1S/C19H24N2O3/c1-3-20-13-15-9-5-6-10-16(15)21-19(22)14-24-18-12-8-7-11-17(18)23-4-2/h5-12,20H,3-4,13-14H2,1-2H3,(H,21,22). The van der Waals surface area contributed by atoms with Crippen molar-refractivity contribution in [3.63, 3.8) is 0 Å². The van der Waals surface area contributed by atoms with E-state index in [-0.39, 0.29) is 12.5 Å². The molecule has 0 heterocycles. The summed E-state index contributed by atoms with van der Waals surface area (Å²) in [6.45, 7) is 6.01. The van der Waals surface area contributed by atoms with E-state index in [9.17, 15) is 4.79 Å². The first-order valence-corrected chi connectivity index (χ1v) is 8.17. The average Bonchev–Trinajstić information content (AvgIpc) is 2.60. The summed E-state index contributed by atoms with van der Waals surface area (Å²) in [5.74, 6) is 1.00. The SMILES string of the molecule is CCNCc1ccccc1NC(=O)COc1ccccc1OCC. The maximum Gasteiger partial charge on any atom is 0.262 e. The average molecular weight is 328 g/mol. The van der Waals surface area contributed by atoms with Crippen LogP contribution in [0.25, 0.3) is 0 Å². The highest BCUT2D eigenvalue weighted by Crippen LogP contribution is 2.26. The molecule has 24 heavy (non-hydrogen) atoms. The zero-order valence-electron chi connectivity index (χ0n) is 14.2. The lowest BCUT2D eigenvalue weighted by molar-refractivity contribution is -0.118. The van der Waals surface area contributed by atoms with Crippen LogP contribution in [0.1, 0.15) is 19.4 Å². The first-order valence-electron chi connectivity index (χ1n) is 8.17. The fourth-order valence-corrected chi connectivity index (χ4v) is 2.23. The van der Waals surface area contributed by atoms with Gasteiger partial charge in [-0.1, -0.05) is 37.3 Å². The summed E-state index contributed by atoms with van der Waals surface area (Å²) in [7, 11) is 0. The summed E-state index contributed by atoms with van der Waals surface area (Å²) >= 11 is 0. The van der Waals surface area contributed by atoms with Crippen molar-refractivity contribution in [2.45, 2.75) is 20.4 Å². The lowest BCUT2D eigenvalue weighted by atomic mass is 10.1. The number of carbonyl (C=O) groups is 1. The Morgan fingerprint density at radius 1 is 0.958 bits per heavy atom. The molecule has 0 bridgehead atoms. The van der Waals surface area contributed by atoms with Crippen LogP contribution in [-0.2, 0) is 11.3 Å². The Hall–Kier alpha value is -2.53. The number of benzene rings is 2. The van der Waals surface area contributed by atoms with Crippen molar-refractivity contribution in [2.24, 2.45) is 0 Å². The molecule has 0 atom stereocenters. The van der Waals surface area contributed by atoms with Gasteiger partial charge in [0.25, 0.3) is 5.91 Å². The third kappa shape index (κ3) is 5.28. The van der Waals surface area contributed by atoms with Crippen molar-refractivity contribution >= 4 is 11.6 Å². The number of anilines is 1. The van der Waals surface area contributed by atoms with Gasteiger partial charge in [-0.05, 0) is 37.2 Å².